The van der Waals surface area contributed by atoms with Crippen LogP contribution < -0.4 is 16.0 Å². The van der Waals surface area contributed by atoms with Crippen LogP contribution in [0.1, 0.15) is 32.1 Å². The lowest BCUT2D eigenvalue weighted by Gasteiger charge is -2.21. The van der Waals surface area contributed by atoms with Crippen LogP contribution in [-0.4, -0.2) is 55.4 Å². The van der Waals surface area contributed by atoms with Crippen molar-refractivity contribution >= 4 is 47.4 Å². The summed E-state index contributed by atoms with van der Waals surface area (Å²) in [6, 6.07) is 5.73. The van der Waals surface area contributed by atoms with Crippen LogP contribution in [0.3, 0.4) is 0 Å². The number of nitrogens with one attached hydrogen (secondary N) is 3. The summed E-state index contributed by atoms with van der Waals surface area (Å²) in [5.74, 6) is 0.404. The van der Waals surface area contributed by atoms with Crippen molar-refractivity contribution in [2.24, 2.45) is 10.9 Å². The van der Waals surface area contributed by atoms with E-state index in [1.54, 1.807) is 7.05 Å². The molecule has 160 valence electrons. The van der Waals surface area contributed by atoms with Gasteiger partial charge < -0.3 is 20.9 Å². The monoisotopic (exact) mass is 517 g/mol. The quantitative estimate of drug-likeness (QED) is 0.318. The molecule has 1 heterocycles. The Hall–Kier alpha value is -1.91. The van der Waals surface area contributed by atoms with E-state index in [-0.39, 0.29) is 60.1 Å². The van der Waals surface area contributed by atoms with Gasteiger partial charge >= 0.3 is 0 Å². The number of aliphatic imine (C=N–C) groups is 1. The molecule has 1 saturated carbocycles. The maximum atomic E-state index is 12.9. The van der Waals surface area contributed by atoms with Crippen LogP contribution in [0.15, 0.2) is 29.3 Å². The fourth-order valence-electron chi connectivity index (χ4n) is 3.80. The van der Waals surface area contributed by atoms with Gasteiger partial charge in [0.2, 0.25) is 11.8 Å². The maximum Gasteiger partial charge on any atom is 0.243 e. The summed E-state index contributed by atoms with van der Waals surface area (Å²) in [7, 11) is 1.64. The van der Waals surface area contributed by atoms with Gasteiger partial charge in [0.15, 0.2) is 5.96 Å². The van der Waals surface area contributed by atoms with E-state index in [0.29, 0.717) is 18.2 Å². The predicted molar refractivity (Wildman–Crippen MR) is 122 cm³/mol. The lowest BCUT2D eigenvalue weighted by molar-refractivity contribution is -0.134. The molecule has 29 heavy (non-hydrogen) atoms. The number of hydrogen-bond donors (Lipinski definition) is 3. The van der Waals surface area contributed by atoms with E-state index in [4.69, 9.17) is 0 Å². The topological polar surface area (TPSA) is 85.8 Å². The summed E-state index contributed by atoms with van der Waals surface area (Å²) in [5, 5.41) is 8.95. The van der Waals surface area contributed by atoms with Gasteiger partial charge in [-0.3, -0.25) is 14.6 Å². The molecule has 1 aliphatic carbocycles. The van der Waals surface area contributed by atoms with Crippen molar-refractivity contribution in [1.82, 2.24) is 15.5 Å². The average molecular weight is 517 g/mol. The first-order chi connectivity index (χ1) is 13.5. The molecule has 0 spiro atoms. The smallest absolute Gasteiger partial charge is 0.243 e. The Balaban J connectivity index is 0.00000300. The number of halogens is 2. The van der Waals surface area contributed by atoms with Crippen LogP contribution in [0.4, 0.5) is 10.1 Å². The van der Waals surface area contributed by atoms with Crippen molar-refractivity contribution in [3.8, 4) is 0 Å². The Labute approximate surface area is 187 Å². The third kappa shape index (κ3) is 6.83. The average Bonchev–Trinajstić information content (AvgIpc) is 3.38. The fraction of sp³-hybridized carbons (Fsp3) is 0.550. The molecule has 1 atom stereocenters. The van der Waals surface area contributed by atoms with Crippen molar-refractivity contribution in [2.75, 3.05) is 32.0 Å². The minimum Gasteiger partial charge on any atom is -0.352 e. The molecule has 2 fully saturated rings. The molecule has 7 nitrogen and oxygen atoms in total. The molecule has 2 amide bonds. The standard InChI is InChI=1S/C20H28FN5O2.HI/c1-22-20(23-12-18(27)24-16-8-6-15(21)7-9-16)25-17-10-11-26(13-17)19(28)14-4-2-3-5-14;/h6-9,14,17H,2-5,10-13H2,1H3,(H,24,27)(H2,22,23,25);1H. The zero-order valence-electron chi connectivity index (χ0n) is 16.6. The normalized spacial score (nSPS) is 19.6. The number of carbonyl (C=O) groups excluding carboxylic acids is 2. The van der Waals surface area contributed by atoms with Gasteiger partial charge in [-0.2, -0.15) is 0 Å². The van der Waals surface area contributed by atoms with Gasteiger partial charge in [-0.1, -0.05) is 12.8 Å². The second kappa shape index (κ2) is 11.3. The third-order valence-corrected chi connectivity index (χ3v) is 5.31. The number of benzene rings is 1. The third-order valence-electron chi connectivity index (χ3n) is 5.31. The van der Waals surface area contributed by atoms with E-state index in [2.05, 4.69) is 20.9 Å². The first-order valence-electron chi connectivity index (χ1n) is 9.86. The van der Waals surface area contributed by atoms with E-state index in [1.807, 2.05) is 4.90 Å². The maximum absolute atomic E-state index is 12.9. The van der Waals surface area contributed by atoms with Crippen LogP contribution in [-0.2, 0) is 9.59 Å². The first-order valence-corrected chi connectivity index (χ1v) is 9.86. The number of nitrogens with zero attached hydrogens (tertiary/aromatic N) is 2. The molecule has 0 radical (unpaired) electrons. The fourth-order valence-corrected chi connectivity index (χ4v) is 3.80. The van der Waals surface area contributed by atoms with E-state index in [1.165, 1.54) is 24.3 Å². The highest BCUT2D eigenvalue weighted by molar-refractivity contribution is 14.0. The summed E-state index contributed by atoms with van der Waals surface area (Å²) in [6.07, 6.45) is 5.20. The molecular weight excluding hydrogens is 488 g/mol. The van der Waals surface area contributed by atoms with E-state index in [0.717, 1.165) is 38.6 Å². The van der Waals surface area contributed by atoms with E-state index < -0.39 is 0 Å². The first kappa shape index (κ1) is 23.4. The van der Waals surface area contributed by atoms with Crippen LogP contribution in [0.2, 0.25) is 0 Å². The van der Waals surface area contributed by atoms with Crippen molar-refractivity contribution in [2.45, 2.75) is 38.1 Å². The Morgan fingerprint density at radius 2 is 1.86 bits per heavy atom. The Kier molecular flexibility index (Phi) is 9.12. The van der Waals surface area contributed by atoms with Crippen LogP contribution in [0.25, 0.3) is 0 Å². The highest BCUT2D eigenvalue weighted by Crippen LogP contribution is 2.27. The number of hydrogen-bond acceptors (Lipinski definition) is 3. The number of anilines is 1. The lowest BCUT2D eigenvalue weighted by Crippen LogP contribution is -2.47. The van der Waals surface area contributed by atoms with Crippen molar-refractivity contribution < 1.29 is 14.0 Å². The number of guanidine groups is 1. The van der Waals surface area contributed by atoms with Crippen LogP contribution in [0.5, 0.6) is 0 Å². The molecule has 1 saturated heterocycles. The van der Waals surface area contributed by atoms with Gasteiger partial charge in [-0.15, -0.1) is 24.0 Å². The summed E-state index contributed by atoms with van der Waals surface area (Å²) in [6.45, 7) is 1.46. The molecule has 3 rings (SSSR count). The summed E-state index contributed by atoms with van der Waals surface area (Å²) >= 11 is 0. The second-order valence-electron chi connectivity index (χ2n) is 7.38. The molecule has 1 aliphatic heterocycles. The van der Waals surface area contributed by atoms with Gasteiger partial charge in [-0.25, -0.2) is 4.39 Å². The van der Waals surface area contributed by atoms with Gasteiger partial charge in [0.05, 0.1) is 6.54 Å². The molecule has 1 unspecified atom stereocenters. The van der Waals surface area contributed by atoms with Crippen LogP contribution in [0, 0.1) is 11.7 Å². The van der Waals surface area contributed by atoms with Gasteiger partial charge in [0.1, 0.15) is 5.82 Å². The Morgan fingerprint density at radius 3 is 2.52 bits per heavy atom. The summed E-state index contributed by atoms with van der Waals surface area (Å²) in [4.78, 5) is 30.7. The SMILES string of the molecule is CN=C(NCC(=O)Nc1ccc(F)cc1)NC1CCN(C(=O)C2CCCC2)C1.I. The van der Waals surface area contributed by atoms with Gasteiger partial charge in [-0.05, 0) is 43.5 Å². The summed E-state index contributed by atoms with van der Waals surface area (Å²) < 4.78 is 12.9. The summed E-state index contributed by atoms with van der Waals surface area (Å²) in [5.41, 5.74) is 0.535. The molecule has 1 aromatic rings. The van der Waals surface area contributed by atoms with E-state index in [9.17, 15) is 14.0 Å². The highest BCUT2D eigenvalue weighted by atomic mass is 127. The van der Waals surface area contributed by atoms with Crippen molar-refractivity contribution in [1.29, 1.82) is 0 Å². The molecule has 3 N–H and O–H groups in total. The highest BCUT2D eigenvalue weighted by Gasteiger charge is 2.32. The predicted octanol–water partition coefficient (Wildman–Crippen LogP) is 2.34. The minimum absolute atomic E-state index is 0. The van der Waals surface area contributed by atoms with Crippen molar-refractivity contribution in [3.63, 3.8) is 0 Å². The van der Waals surface area contributed by atoms with Crippen molar-refractivity contribution in [3.05, 3.63) is 30.1 Å². The Morgan fingerprint density at radius 1 is 1.17 bits per heavy atom. The zero-order chi connectivity index (χ0) is 19.9. The molecule has 9 heteroatoms. The van der Waals surface area contributed by atoms with Gasteiger partial charge in [0.25, 0.3) is 0 Å². The minimum atomic E-state index is -0.349. The molecule has 0 aromatic heterocycles. The lowest BCUT2D eigenvalue weighted by atomic mass is 10.1. The van der Waals surface area contributed by atoms with Crippen LogP contribution >= 0.6 is 24.0 Å². The second-order valence-corrected chi connectivity index (χ2v) is 7.38. The molecule has 0 bridgehead atoms. The zero-order valence-corrected chi connectivity index (χ0v) is 18.9. The molecule has 1 aromatic carbocycles. The number of rotatable bonds is 5. The van der Waals surface area contributed by atoms with Gasteiger partial charge in [0, 0.05) is 37.8 Å². The Bertz CT molecular complexity index is 722. The molecule has 2 aliphatic rings. The number of amides is 2. The molecular formula is C20H29FIN5O2. The van der Waals surface area contributed by atoms with E-state index >= 15 is 0 Å². The number of carbonyl (C=O) groups is 2. The number of likely N-dealkylation sites (tertiary alicyclic amines) is 1. The largest absolute Gasteiger partial charge is 0.352 e.